The number of carbonyl (C=O) groups is 2. The fourth-order valence-corrected chi connectivity index (χ4v) is 3.30. The van der Waals surface area contributed by atoms with Gasteiger partial charge in [-0.15, -0.1) is 0 Å². The summed E-state index contributed by atoms with van der Waals surface area (Å²) in [5.74, 6) is -0.723. The molecule has 0 atom stereocenters. The van der Waals surface area contributed by atoms with Crippen LogP contribution >= 0.6 is 11.6 Å². The number of rotatable bonds is 5. The van der Waals surface area contributed by atoms with E-state index in [1.165, 1.54) is 6.07 Å². The van der Waals surface area contributed by atoms with Gasteiger partial charge in [-0.05, 0) is 50.3 Å². The minimum Gasteiger partial charge on any atom is -0.356 e. The van der Waals surface area contributed by atoms with Gasteiger partial charge in [0.2, 0.25) is 11.8 Å². The molecule has 0 radical (unpaired) electrons. The summed E-state index contributed by atoms with van der Waals surface area (Å²) < 4.78 is 38.7. The maximum absolute atomic E-state index is 12.9. The van der Waals surface area contributed by atoms with E-state index in [1.807, 2.05) is 6.92 Å². The fraction of sp³-hybridized carbons (Fsp3) is 0.556. The van der Waals surface area contributed by atoms with E-state index >= 15 is 0 Å². The third kappa shape index (κ3) is 5.37. The Morgan fingerprint density at radius 1 is 1.12 bits per heavy atom. The van der Waals surface area contributed by atoms with Crippen LogP contribution in [0.5, 0.6) is 0 Å². The van der Waals surface area contributed by atoms with Gasteiger partial charge in [-0.3, -0.25) is 9.59 Å². The van der Waals surface area contributed by atoms with Crippen molar-refractivity contribution in [2.75, 3.05) is 11.9 Å². The maximum atomic E-state index is 12.9. The molecule has 0 saturated heterocycles. The van der Waals surface area contributed by atoms with E-state index in [2.05, 4.69) is 10.6 Å². The highest BCUT2D eigenvalue weighted by molar-refractivity contribution is 6.31. The molecule has 2 N–H and O–H groups in total. The standard InChI is InChI=1S/C18H22ClF3N2O2/c1-2-9-23-16(25)11-3-5-12(6-4-11)17(26)24-13-7-8-15(19)14(10-13)18(20,21)22/h7-8,10-12H,2-6,9H2,1H3,(H,23,25)(H,24,26). The molecule has 1 fully saturated rings. The van der Waals surface area contributed by atoms with Crippen LogP contribution in [0.1, 0.15) is 44.6 Å². The topological polar surface area (TPSA) is 58.2 Å². The zero-order chi connectivity index (χ0) is 19.3. The van der Waals surface area contributed by atoms with E-state index in [9.17, 15) is 22.8 Å². The van der Waals surface area contributed by atoms with Crippen molar-refractivity contribution in [1.29, 1.82) is 0 Å². The van der Waals surface area contributed by atoms with Crippen molar-refractivity contribution in [1.82, 2.24) is 5.32 Å². The van der Waals surface area contributed by atoms with Gasteiger partial charge in [0.05, 0.1) is 10.6 Å². The Morgan fingerprint density at radius 2 is 1.69 bits per heavy atom. The summed E-state index contributed by atoms with van der Waals surface area (Å²) in [7, 11) is 0. The second kappa shape index (κ2) is 8.75. The average molecular weight is 391 g/mol. The first-order chi connectivity index (χ1) is 12.2. The SMILES string of the molecule is CCCNC(=O)C1CCC(C(=O)Nc2ccc(Cl)c(C(F)(F)F)c2)CC1. The van der Waals surface area contributed by atoms with Crippen LogP contribution in [0.4, 0.5) is 18.9 Å². The molecular formula is C18H22ClF3N2O2. The van der Waals surface area contributed by atoms with Crippen LogP contribution in [0.2, 0.25) is 5.02 Å². The summed E-state index contributed by atoms with van der Waals surface area (Å²) in [5.41, 5.74) is -0.914. The van der Waals surface area contributed by atoms with Crippen molar-refractivity contribution >= 4 is 29.1 Å². The molecule has 1 aromatic rings. The van der Waals surface area contributed by atoms with Crippen molar-refractivity contribution in [3.8, 4) is 0 Å². The molecular weight excluding hydrogens is 369 g/mol. The Bertz CT molecular complexity index is 656. The second-order valence-corrected chi connectivity index (χ2v) is 6.93. The first-order valence-electron chi connectivity index (χ1n) is 8.67. The molecule has 0 bridgehead atoms. The number of hydrogen-bond acceptors (Lipinski definition) is 2. The van der Waals surface area contributed by atoms with Crippen LogP contribution in [0.15, 0.2) is 18.2 Å². The molecule has 0 unspecified atom stereocenters. The van der Waals surface area contributed by atoms with E-state index in [4.69, 9.17) is 11.6 Å². The Kier molecular flexibility index (Phi) is 6.92. The minimum atomic E-state index is -4.58. The molecule has 0 aliphatic heterocycles. The Labute approximate surface area is 155 Å². The largest absolute Gasteiger partial charge is 0.417 e. The van der Waals surface area contributed by atoms with Crippen LogP contribution in [0.25, 0.3) is 0 Å². The number of amides is 2. The molecule has 144 valence electrons. The summed E-state index contributed by atoms with van der Waals surface area (Å²) in [4.78, 5) is 24.3. The maximum Gasteiger partial charge on any atom is 0.417 e. The van der Waals surface area contributed by atoms with Gasteiger partial charge in [-0.25, -0.2) is 0 Å². The highest BCUT2D eigenvalue weighted by Crippen LogP contribution is 2.36. The van der Waals surface area contributed by atoms with Gasteiger partial charge in [0, 0.05) is 24.1 Å². The van der Waals surface area contributed by atoms with Gasteiger partial charge >= 0.3 is 6.18 Å². The summed E-state index contributed by atoms with van der Waals surface area (Å²) in [6, 6.07) is 3.30. The smallest absolute Gasteiger partial charge is 0.356 e. The summed E-state index contributed by atoms with van der Waals surface area (Å²) in [6.07, 6.45) is -1.44. The quantitative estimate of drug-likeness (QED) is 0.770. The molecule has 8 heteroatoms. The normalized spacial score (nSPS) is 20.5. The van der Waals surface area contributed by atoms with Gasteiger partial charge in [0.1, 0.15) is 0 Å². The number of halogens is 4. The van der Waals surface area contributed by atoms with Gasteiger partial charge < -0.3 is 10.6 Å². The predicted molar refractivity (Wildman–Crippen MR) is 93.8 cm³/mol. The zero-order valence-electron chi connectivity index (χ0n) is 14.5. The summed E-state index contributed by atoms with van der Waals surface area (Å²) >= 11 is 5.58. The van der Waals surface area contributed by atoms with Crippen LogP contribution in [-0.4, -0.2) is 18.4 Å². The third-order valence-electron chi connectivity index (χ3n) is 4.56. The lowest BCUT2D eigenvalue weighted by atomic mass is 9.81. The van der Waals surface area contributed by atoms with Gasteiger partial charge in [0.15, 0.2) is 0 Å². The van der Waals surface area contributed by atoms with Gasteiger partial charge in [-0.1, -0.05) is 18.5 Å². The number of benzene rings is 1. The Morgan fingerprint density at radius 3 is 2.23 bits per heavy atom. The molecule has 2 amide bonds. The molecule has 0 spiro atoms. The van der Waals surface area contributed by atoms with Gasteiger partial charge in [0.25, 0.3) is 0 Å². The molecule has 26 heavy (non-hydrogen) atoms. The van der Waals surface area contributed by atoms with E-state index in [-0.39, 0.29) is 29.3 Å². The van der Waals surface area contributed by atoms with Crippen LogP contribution in [0.3, 0.4) is 0 Å². The first kappa shape index (κ1) is 20.6. The van der Waals surface area contributed by atoms with Crippen molar-refractivity contribution < 1.29 is 22.8 Å². The predicted octanol–water partition coefficient (Wildman–Crippen LogP) is 4.63. The van der Waals surface area contributed by atoms with Crippen molar-refractivity contribution in [2.24, 2.45) is 11.8 Å². The minimum absolute atomic E-state index is 0.0122. The second-order valence-electron chi connectivity index (χ2n) is 6.52. The van der Waals surface area contributed by atoms with Crippen molar-refractivity contribution in [3.63, 3.8) is 0 Å². The van der Waals surface area contributed by atoms with Crippen LogP contribution in [0, 0.1) is 11.8 Å². The Balaban J connectivity index is 1.93. The molecule has 1 aliphatic carbocycles. The fourth-order valence-electron chi connectivity index (χ4n) is 3.07. The number of anilines is 1. The summed E-state index contributed by atoms with van der Waals surface area (Å²) in [5, 5.41) is 4.98. The lowest BCUT2D eigenvalue weighted by Gasteiger charge is -2.27. The molecule has 1 aromatic carbocycles. The zero-order valence-corrected chi connectivity index (χ0v) is 15.2. The molecule has 4 nitrogen and oxygen atoms in total. The Hall–Kier alpha value is -1.76. The third-order valence-corrected chi connectivity index (χ3v) is 4.89. The summed E-state index contributed by atoms with van der Waals surface area (Å²) in [6.45, 7) is 2.61. The van der Waals surface area contributed by atoms with Crippen molar-refractivity contribution in [3.05, 3.63) is 28.8 Å². The highest BCUT2D eigenvalue weighted by Gasteiger charge is 2.34. The number of carbonyl (C=O) groups excluding carboxylic acids is 2. The molecule has 2 rings (SSSR count). The van der Waals surface area contributed by atoms with E-state index in [0.717, 1.165) is 18.6 Å². The molecule has 1 saturated carbocycles. The van der Waals surface area contributed by atoms with Crippen LogP contribution < -0.4 is 10.6 Å². The highest BCUT2D eigenvalue weighted by atomic mass is 35.5. The number of alkyl halides is 3. The first-order valence-corrected chi connectivity index (χ1v) is 9.05. The molecule has 0 aromatic heterocycles. The average Bonchev–Trinajstić information content (AvgIpc) is 2.60. The number of hydrogen-bond donors (Lipinski definition) is 2. The van der Waals surface area contributed by atoms with Gasteiger partial charge in [-0.2, -0.15) is 13.2 Å². The van der Waals surface area contributed by atoms with E-state index in [0.29, 0.717) is 32.2 Å². The monoisotopic (exact) mass is 390 g/mol. The van der Waals surface area contributed by atoms with Crippen molar-refractivity contribution in [2.45, 2.75) is 45.2 Å². The van der Waals surface area contributed by atoms with E-state index < -0.39 is 16.8 Å². The van der Waals surface area contributed by atoms with E-state index in [1.54, 1.807) is 0 Å². The molecule has 1 aliphatic rings. The lowest BCUT2D eigenvalue weighted by molar-refractivity contribution is -0.137. The molecule has 0 heterocycles. The lowest BCUT2D eigenvalue weighted by Crippen LogP contribution is -2.35. The number of nitrogens with one attached hydrogen (secondary N) is 2. The van der Waals surface area contributed by atoms with Crippen LogP contribution in [-0.2, 0) is 15.8 Å².